The minimum absolute atomic E-state index is 0.128. The maximum atomic E-state index is 12.7. The highest BCUT2D eigenvalue weighted by molar-refractivity contribution is 5.87. The fourth-order valence-corrected chi connectivity index (χ4v) is 3.40. The molecule has 0 unspecified atom stereocenters. The van der Waals surface area contributed by atoms with Crippen molar-refractivity contribution in [1.29, 1.82) is 0 Å². The Morgan fingerprint density at radius 1 is 0.741 bits per heavy atom. The van der Waals surface area contributed by atoms with Crippen LogP contribution in [-0.4, -0.2) is 14.8 Å². The number of para-hydroxylation sites is 1. The lowest BCUT2D eigenvalue weighted by atomic mass is 10.0. The molecule has 0 fully saturated rings. The molecule has 0 aliphatic rings. The topological polar surface area (TPSA) is 70.7 Å². The second kappa shape index (κ2) is 5.85. The van der Waals surface area contributed by atoms with E-state index in [1.807, 2.05) is 72.8 Å². The van der Waals surface area contributed by atoms with Gasteiger partial charge in [-0.1, -0.05) is 54.6 Å². The number of hydrogen-bond donors (Lipinski definition) is 2. The van der Waals surface area contributed by atoms with Gasteiger partial charge in [-0.2, -0.15) is 0 Å². The fourth-order valence-electron chi connectivity index (χ4n) is 3.40. The van der Waals surface area contributed by atoms with Crippen molar-refractivity contribution in [2.24, 2.45) is 0 Å². The van der Waals surface area contributed by atoms with E-state index in [4.69, 9.17) is 0 Å². The lowest BCUT2D eigenvalue weighted by Gasteiger charge is -2.04. The van der Waals surface area contributed by atoms with Crippen LogP contribution in [0.5, 0.6) is 0 Å². The van der Waals surface area contributed by atoms with Crippen molar-refractivity contribution in [2.45, 2.75) is 0 Å². The van der Waals surface area contributed by atoms with Gasteiger partial charge in [0.25, 0.3) is 5.56 Å². The van der Waals surface area contributed by atoms with Gasteiger partial charge in [0.05, 0.1) is 11.4 Å². The molecule has 0 saturated carbocycles. The molecule has 0 saturated heterocycles. The first-order valence-corrected chi connectivity index (χ1v) is 8.63. The maximum Gasteiger partial charge on any atom is 0.284 e. The lowest BCUT2D eigenvalue weighted by molar-refractivity contribution is 0.858. The molecule has 2 N–H and O–H groups in total. The van der Waals surface area contributed by atoms with Gasteiger partial charge < -0.3 is 4.98 Å². The molecule has 0 spiro atoms. The lowest BCUT2D eigenvalue weighted by Crippen LogP contribution is -2.18. The molecule has 0 bridgehead atoms. The Balaban J connectivity index is 1.73. The Hall–Kier alpha value is -3.86. The number of pyridine rings is 1. The average molecular weight is 353 g/mol. The highest BCUT2D eigenvalue weighted by Crippen LogP contribution is 2.23. The van der Waals surface area contributed by atoms with Crippen LogP contribution in [0.4, 0.5) is 0 Å². The van der Waals surface area contributed by atoms with Crippen LogP contribution in [0.3, 0.4) is 0 Å². The summed E-state index contributed by atoms with van der Waals surface area (Å²) in [6.07, 6.45) is 0. The summed E-state index contributed by atoms with van der Waals surface area (Å²) in [5, 5.41) is 5.37. The van der Waals surface area contributed by atoms with Crippen molar-refractivity contribution in [3.05, 3.63) is 99.4 Å². The summed E-state index contributed by atoms with van der Waals surface area (Å²) in [6, 6.07) is 24.7. The van der Waals surface area contributed by atoms with E-state index in [2.05, 4.69) is 10.1 Å². The van der Waals surface area contributed by atoms with Gasteiger partial charge in [0.15, 0.2) is 5.43 Å². The van der Waals surface area contributed by atoms with E-state index in [-0.39, 0.29) is 16.4 Å². The number of nitrogens with one attached hydrogen (secondary N) is 2. The smallest absolute Gasteiger partial charge is 0.284 e. The summed E-state index contributed by atoms with van der Waals surface area (Å²) in [5.74, 6) is 0. The van der Waals surface area contributed by atoms with Crippen molar-refractivity contribution in [1.82, 2.24) is 14.8 Å². The van der Waals surface area contributed by atoms with E-state index in [1.54, 1.807) is 0 Å². The van der Waals surface area contributed by atoms with Crippen LogP contribution < -0.4 is 11.0 Å². The standard InChI is InChI=1S/C22H15N3O2/c26-19-13-18(16-11-10-14-6-4-5-7-15(14)12-16)23-21-20(19)22(27)25(24-21)17-8-2-1-3-9-17/h1-13H,(H2,23,24,26). The SMILES string of the molecule is O=c1cc(-c2ccc3ccccc3c2)[nH]c2[nH]n(-c3ccccc3)c(=O)c12. The Morgan fingerprint density at radius 2 is 1.48 bits per heavy atom. The van der Waals surface area contributed by atoms with Crippen LogP contribution in [0, 0.1) is 0 Å². The fraction of sp³-hybridized carbons (Fsp3) is 0. The van der Waals surface area contributed by atoms with Crippen molar-refractivity contribution >= 4 is 21.8 Å². The summed E-state index contributed by atoms with van der Waals surface area (Å²) in [6.45, 7) is 0. The predicted molar refractivity (Wildman–Crippen MR) is 107 cm³/mol. The first-order valence-electron chi connectivity index (χ1n) is 8.63. The molecule has 0 amide bonds. The molecule has 5 aromatic rings. The second-order valence-corrected chi connectivity index (χ2v) is 6.45. The number of aromatic nitrogens is 3. The van der Waals surface area contributed by atoms with Crippen molar-refractivity contribution in [3.63, 3.8) is 0 Å². The average Bonchev–Trinajstić information content (AvgIpc) is 3.05. The van der Waals surface area contributed by atoms with E-state index < -0.39 is 0 Å². The molecule has 130 valence electrons. The van der Waals surface area contributed by atoms with Crippen molar-refractivity contribution in [2.75, 3.05) is 0 Å². The Bertz CT molecular complexity index is 1410. The minimum Gasteiger partial charge on any atom is -0.339 e. The largest absolute Gasteiger partial charge is 0.339 e. The number of nitrogens with zero attached hydrogens (tertiary/aromatic N) is 1. The van der Waals surface area contributed by atoms with Gasteiger partial charge in [0.1, 0.15) is 11.0 Å². The normalized spacial score (nSPS) is 11.3. The highest BCUT2D eigenvalue weighted by atomic mass is 16.1. The van der Waals surface area contributed by atoms with Crippen LogP contribution in [0.1, 0.15) is 0 Å². The number of aromatic amines is 2. The summed E-state index contributed by atoms with van der Waals surface area (Å²) < 4.78 is 1.38. The number of rotatable bonds is 2. The summed E-state index contributed by atoms with van der Waals surface area (Å²) in [4.78, 5) is 28.5. The minimum atomic E-state index is -0.359. The molecule has 2 aromatic heterocycles. The number of H-pyrrole nitrogens is 2. The van der Waals surface area contributed by atoms with Gasteiger partial charge in [-0.15, -0.1) is 0 Å². The molecular formula is C22H15N3O2. The Labute approximate surface area is 153 Å². The van der Waals surface area contributed by atoms with Gasteiger partial charge in [-0.25, -0.2) is 4.68 Å². The zero-order valence-corrected chi connectivity index (χ0v) is 14.3. The molecule has 0 radical (unpaired) electrons. The van der Waals surface area contributed by atoms with Crippen LogP contribution in [0.15, 0.2) is 88.5 Å². The Kier molecular flexibility index (Phi) is 3.33. The van der Waals surface area contributed by atoms with E-state index in [0.717, 1.165) is 16.3 Å². The third-order valence-electron chi connectivity index (χ3n) is 4.75. The molecule has 27 heavy (non-hydrogen) atoms. The molecule has 0 atom stereocenters. The first-order chi connectivity index (χ1) is 13.2. The van der Waals surface area contributed by atoms with E-state index in [1.165, 1.54) is 10.7 Å². The molecule has 5 heteroatoms. The predicted octanol–water partition coefficient (Wildman–Crippen LogP) is 3.83. The van der Waals surface area contributed by atoms with E-state index >= 15 is 0 Å². The van der Waals surface area contributed by atoms with Gasteiger partial charge in [-0.3, -0.25) is 14.7 Å². The third-order valence-corrected chi connectivity index (χ3v) is 4.75. The van der Waals surface area contributed by atoms with Gasteiger partial charge in [0, 0.05) is 6.07 Å². The van der Waals surface area contributed by atoms with Crippen LogP contribution in [-0.2, 0) is 0 Å². The second-order valence-electron chi connectivity index (χ2n) is 6.45. The van der Waals surface area contributed by atoms with Gasteiger partial charge in [-0.05, 0) is 34.5 Å². The van der Waals surface area contributed by atoms with Gasteiger partial charge >= 0.3 is 0 Å². The third kappa shape index (κ3) is 2.48. The van der Waals surface area contributed by atoms with Crippen molar-refractivity contribution < 1.29 is 0 Å². The zero-order chi connectivity index (χ0) is 18.4. The molecule has 5 rings (SSSR count). The van der Waals surface area contributed by atoms with E-state index in [0.29, 0.717) is 17.0 Å². The molecule has 0 aliphatic heterocycles. The summed E-state index contributed by atoms with van der Waals surface area (Å²) in [7, 11) is 0. The number of fused-ring (bicyclic) bond motifs is 2. The monoisotopic (exact) mass is 353 g/mol. The first kappa shape index (κ1) is 15.4. The number of hydrogen-bond acceptors (Lipinski definition) is 2. The Morgan fingerprint density at radius 3 is 2.30 bits per heavy atom. The van der Waals surface area contributed by atoms with Crippen LogP contribution in [0.2, 0.25) is 0 Å². The van der Waals surface area contributed by atoms with Crippen LogP contribution in [0.25, 0.3) is 38.8 Å². The van der Waals surface area contributed by atoms with Gasteiger partial charge in [0.2, 0.25) is 0 Å². The number of benzene rings is 3. The summed E-state index contributed by atoms with van der Waals surface area (Å²) >= 11 is 0. The van der Waals surface area contributed by atoms with E-state index in [9.17, 15) is 9.59 Å². The molecular weight excluding hydrogens is 338 g/mol. The highest BCUT2D eigenvalue weighted by Gasteiger charge is 2.14. The maximum absolute atomic E-state index is 12.7. The van der Waals surface area contributed by atoms with Crippen LogP contribution >= 0.6 is 0 Å². The molecule has 0 aliphatic carbocycles. The van der Waals surface area contributed by atoms with Crippen molar-refractivity contribution in [3.8, 4) is 16.9 Å². The quantitative estimate of drug-likeness (QED) is 0.506. The molecule has 3 aromatic carbocycles. The molecule has 5 nitrogen and oxygen atoms in total. The zero-order valence-electron chi connectivity index (χ0n) is 14.3. The molecule has 2 heterocycles. The summed E-state index contributed by atoms with van der Waals surface area (Å²) in [5.41, 5.74) is 1.99.